The summed E-state index contributed by atoms with van der Waals surface area (Å²) in [5.74, 6) is 2.49. The third-order valence-corrected chi connectivity index (χ3v) is 5.73. The average molecular weight is 428 g/mol. The smallest absolute Gasteiger partial charge is 0.264 e. The molecule has 1 amide bonds. The van der Waals surface area contributed by atoms with Crippen LogP contribution in [-0.2, 0) is 4.79 Å². The predicted octanol–water partition coefficient (Wildman–Crippen LogP) is 4.00. The number of thioether (sulfide) groups is 1. The Morgan fingerprint density at radius 3 is 2.31 bits per heavy atom. The summed E-state index contributed by atoms with van der Waals surface area (Å²) in [5.41, 5.74) is 2.29. The van der Waals surface area contributed by atoms with Gasteiger partial charge in [-0.15, -0.1) is 0 Å². The van der Waals surface area contributed by atoms with Crippen molar-refractivity contribution >= 4 is 45.5 Å². The lowest BCUT2D eigenvalue weighted by atomic mass is 9.98. The molecular weight excluding hydrogens is 410 g/mol. The van der Waals surface area contributed by atoms with E-state index in [4.69, 9.17) is 31.2 Å². The van der Waals surface area contributed by atoms with E-state index >= 15 is 0 Å². The summed E-state index contributed by atoms with van der Waals surface area (Å²) in [6.07, 6.45) is 1.83. The fourth-order valence-corrected chi connectivity index (χ4v) is 4.27. The molecule has 0 unspecified atom stereocenters. The first-order valence-electron chi connectivity index (χ1n) is 8.62. The highest BCUT2D eigenvalue weighted by atomic mass is 32.2. The maximum Gasteiger partial charge on any atom is 0.264 e. The number of thiocarbonyl (C=S) groups is 1. The summed E-state index contributed by atoms with van der Waals surface area (Å²) < 4.78 is 22.9. The van der Waals surface area contributed by atoms with E-state index in [1.165, 1.54) is 11.8 Å². The molecule has 148 valence electrons. The number of carbonyl (C=O) groups excluding carboxylic acids is 1. The molecule has 1 fully saturated rings. The van der Waals surface area contributed by atoms with Gasteiger partial charge < -0.3 is 24.3 Å². The molecule has 2 aliphatic heterocycles. The van der Waals surface area contributed by atoms with Crippen molar-refractivity contribution < 1.29 is 23.7 Å². The molecule has 0 radical (unpaired) electrons. The van der Waals surface area contributed by atoms with Gasteiger partial charge in [-0.1, -0.05) is 42.2 Å². The summed E-state index contributed by atoms with van der Waals surface area (Å²) in [7, 11) is 4.66. The minimum atomic E-state index is -0.216. The number of amides is 1. The van der Waals surface area contributed by atoms with Crippen molar-refractivity contribution in [2.24, 2.45) is 0 Å². The van der Waals surface area contributed by atoms with E-state index in [1.54, 1.807) is 33.5 Å². The van der Waals surface area contributed by atoms with Crippen LogP contribution in [-0.4, -0.2) is 31.6 Å². The van der Waals surface area contributed by atoms with Crippen LogP contribution in [0.3, 0.4) is 0 Å². The Bertz CT molecular complexity index is 1070. The van der Waals surface area contributed by atoms with Gasteiger partial charge in [-0.2, -0.15) is 0 Å². The highest BCUT2D eigenvalue weighted by molar-refractivity contribution is 8.26. The number of hydrogen-bond acceptors (Lipinski definition) is 7. The summed E-state index contributed by atoms with van der Waals surface area (Å²) in [4.78, 5) is 13.0. The fourth-order valence-electron chi connectivity index (χ4n) is 3.18. The number of hydrogen-bond donors (Lipinski definition) is 1. The van der Waals surface area contributed by atoms with Crippen LogP contribution < -0.4 is 24.3 Å². The van der Waals surface area contributed by atoms with Gasteiger partial charge in [0.15, 0.2) is 11.5 Å². The highest BCUT2D eigenvalue weighted by Crippen LogP contribution is 2.45. The van der Waals surface area contributed by atoms with Gasteiger partial charge in [-0.3, -0.25) is 4.79 Å². The lowest BCUT2D eigenvalue weighted by molar-refractivity contribution is -0.115. The summed E-state index contributed by atoms with van der Waals surface area (Å²) >= 11 is 6.40. The maximum atomic E-state index is 12.4. The molecule has 29 heavy (non-hydrogen) atoms. The standard InChI is InChI=1S/C21H17NO5S2/c1-24-16-8-11(9-17(25-2)18(16)26-3)15-10-13(19-20(23)22-21(28)29-19)12-6-4-5-7-14(12)27-15/h4-10H,1-3H3,(H,22,23,28). The second kappa shape index (κ2) is 7.81. The van der Waals surface area contributed by atoms with Crippen molar-refractivity contribution in [3.8, 4) is 23.0 Å². The number of ether oxygens (including phenoxy) is 4. The van der Waals surface area contributed by atoms with Crippen molar-refractivity contribution in [2.75, 3.05) is 21.3 Å². The van der Waals surface area contributed by atoms with E-state index in [0.717, 1.165) is 16.7 Å². The number of para-hydroxylation sites is 1. The Morgan fingerprint density at radius 2 is 1.72 bits per heavy atom. The summed E-state index contributed by atoms with van der Waals surface area (Å²) in [6.45, 7) is 0. The Balaban J connectivity index is 1.91. The first-order valence-corrected chi connectivity index (χ1v) is 9.85. The molecule has 0 aliphatic carbocycles. The lowest BCUT2D eigenvalue weighted by Crippen LogP contribution is -2.18. The van der Waals surface area contributed by atoms with Crippen LogP contribution >= 0.6 is 24.0 Å². The molecule has 2 heterocycles. The number of allylic oxidation sites excluding steroid dienone is 2. The number of nitrogens with one attached hydrogen (secondary N) is 1. The van der Waals surface area contributed by atoms with Crippen LogP contribution in [0.25, 0.3) is 11.3 Å². The van der Waals surface area contributed by atoms with Crippen molar-refractivity contribution in [1.82, 2.24) is 5.32 Å². The van der Waals surface area contributed by atoms with E-state index < -0.39 is 0 Å². The molecule has 6 nitrogen and oxygen atoms in total. The number of carbonyl (C=O) groups is 1. The fraction of sp³-hybridized carbons (Fsp3) is 0.143. The van der Waals surface area contributed by atoms with E-state index in [9.17, 15) is 4.79 Å². The molecule has 0 atom stereocenters. The molecule has 2 aliphatic rings. The number of benzene rings is 2. The molecule has 2 aromatic rings. The zero-order chi connectivity index (χ0) is 20.5. The largest absolute Gasteiger partial charge is 0.493 e. The van der Waals surface area contributed by atoms with Crippen LogP contribution in [0.1, 0.15) is 11.1 Å². The predicted molar refractivity (Wildman–Crippen MR) is 116 cm³/mol. The monoisotopic (exact) mass is 427 g/mol. The van der Waals surface area contributed by atoms with Gasteiger partial charge in [0.1, 0.15) is 15.8 Å². The number of methoxy groups -OCH3 is 3. The van der Waals surface area contributed by atoms with Gasteiger partial charge in [0.05, 0.1) is 26.2 Å². The maximum absolute atomic E-state index is 12.4. The second-order valence-electron chi connectivity index (χ2n) is 6.11. The molecule has 0 bridgehead atoms. The van der Waals surface area contributed by atoms with Gasteiger partial charge in [0.2, 0.25) is 5.75 Å². The first-order chi connectivity index (χ1) is 14.0. The van der Waals surface area contributed by atoms with E-state index in [1.807, 2.05) is 30.3 Å². The summed E-state index contributed by atoms with van der Waals surface area (Å²) in [5, 5.41) is 2.67. The molecule has 4 rings (SSSR count). The lowest BCUT2D eigenvalue weighted by Gasteiger charge is -2.22. The van der Waals surface area contributed by atoms with Gasteiger partial charge in [0.25, 0.3) is 5.91 Å². The van der Waals surface area contributed by atoms with Crippen LogP contribution in [0.5, 0.6) is 23.0 Å². The minimum Gasteiger partial charge on any atom is -0.493 e. The Hall–Kier alpha value is -2.97. The van der Waals surface area contributed by atoms with Gasteiger partial charge in [-0.05, 0) is 24.3 Å². The molecular formula is C21H17NO5S2. The number of rotatable bonds is 4. The molecule has 0 spiro atoms. The molecule has 0 aromatic heterocycles. The molecule has 8 heteroatoms. The van der Waals surface area contributed by atoms with Crippen LogP contribution in [0.4, 0.5) is 0 Å². The number of fused-ring (bicyclic) bond motifs is 1. The van der Waals surface area contributed by atoms with Crippen LogP contribution in [0.15, 0.2) is 47.4 Å². The van der Waals surface area contributed by atoms with Crippen LogP contribution in [0.2, 0.25) is 0 Å². The summed E-state index contributed by atoms with van der Waals surface area (Å²) in [6, 6.07) is 11.2. The molecule has 2 aromatic carbocycles. The van der Waals surface area contributed by atoms with E-state index in [2.05, 4.69) is 5.32 Å². The quantitative estimate of drug-likeness (QED) is 0.584. The topological polar surface area (TPSA) is 66.0 Å². The van der Waals surface area contributed by atoms with E-state index in [-0.39, 0.29) is 5.91 Å². The zero-order valence-corrected chi connectivity index (χ0v) is 17.5. The second-order valence-corrected chi connectivity index (χ2v) is 7.79. The Kier molecular flexibility index (Phi) is 5.21. The average Bonchev–Trinajstić information content (AvgIpc) is 3.09. The molecule has 0 saturated carbocycles. The SMILES string of the molecule is COc1cc(C2=CC(=C3SC(=S)NC3=O)c3ccccc3O2)cc(OC)c1OC. The van der Waals surface area contributed by atoms with Gasteiger partial charge in [-0.25, -0.2) is 0 Å². The zero-order valence-electron chi connectivity index (χ0n) is 15.9. The van der Waals surface area contributed by atoms with Crippen molar-refractivity contribution in [2.45, 2.75) is 0 Å². The van der Waals surface area contributed by atoms with Crippen molar-refractivity contribution in [1.29, 1.82) is 0 Å². The molecule has 1 saturated heterocycles. The Labute approximate surface area is 177 Å². The minimum absolute atomic E-state index is 0.216. The highest BCUT2D eigenvalue weighted by Gasteiger charge is 2.30. The third kappa shape index (κ3) is 3.45. The third-order valence-electron chi connectivity index (χ3n) is 4.48. The normalized spacial score (nSPS) is 17.8. The van der Waals surface area contributed by atoms with Gasteiger partial charge in [0, 0.05) is 16.7 Å². The first kappa shape index (κ1) is 19.4. The molecule has 1 N–H and O–H groups in total. The van der Waals surface area contributed by atoms with Crippen molar-refractivity contribution in [3.05, 3.63) is 58.5 Å². The Morgan fingerprint density at radius 1 is 1.03 bits per heavy atom. The van der Waals surface area contributed by atoms with Crippen LogP contribution in [0, 0.1) is 0 Å². The van der Waals surface area contributed by atoms with E-state index in [0.29, 0.717) is 38.0 Å². The van der Waals surface area contributed by atoms with Crippen molar-refractivity contribution in [3.63, 3.8) is 0 Å². The van der Waals surface area contributed by atoms with Gasteiger partial charge >= 0.3 is 0 Å².